The molecule has 2 aromatic rings. The molecule has 1 aromatic heterocycles. The van der Waals surface area contributed by atoms with Crippen LogP contribution >= 0.6 is 23.2 Å². The first-order valence-electron chi connectivity index (χ1n) is 8.24. The van der Waals surface area contributed by atoms with Gasteiger partial charge in [-0.3, -0.25) is 4.79 Å². The molecular formula is C19H19Cl2NO5. The van der Waals surface area contributed by atoms with Crippen LogP contribution in [0.5, 0.6) is 0 Å². The molecule has 0 aliphatic heterocycles. The van der Waals surface area contributed by atoms with E-state index >= 15 is 0 Å². The van der Waals surface area contributed by atoms with Crippen LogP contribution in [0.1, 0.15) is 56.3 Å². The summed E-state index contributed by atoms with van der Waals surface area (Å²) in [5.74, 6) is -1.76. The van der Waals surface area contributed by atoms with Crippen LogP contribution in [0.4, 0.5) is 0 Å². The van der Waals surface area contributed by atoms with E-state index in [1.165, 1.54) is 19.1 Å². The normalized spacial score (nSPS) is 11.8. The van der Waals surface area contributed by atoms with Gasteiger partial charge in [0.15, 0.2) is 6.10 Å². The van der Waals surface area contributed by atoms with E-state index in [2.05, 4.69) is 4.98 Å². The lowest BCUT2D eigenvalue weighted by atomic mass is 10.1. The number of aromatic amines is 1. The van der Waals surface area contributed by atoms with Gasteiger partial charge >= 0.3 is 11.9 Å². The monoisotopic (exact) mass is 411 g/mol. The minimum atomic E-state index is -1.10. The van der Waals surface area contributed by atoms with Crippen molar-refractivity contribution >= 4 is 40.9 Å². The highest BCUT2D eigenvalue weighted by Crippen LogP contribution is 2.27. The highest BCUT2D eigenvalue weighted by atomic mass is 35.5. The van der Waals surface area contributed by atoms with Gasteiger partial charge in [0.25, 0.3) is 0 Å². The third-order valence-electron chi connectivity index (χ3n) is 3.99. The van der Waals surface area contributed by atoms with E-state index in [9.17, 15) is 14.4 Å². The summed E-state index contributed by atoms with van der Waals surface area (Å²) in [6.07, 6.45) is -1.10. The Hall–Kier alpha value is -2.31. The molecule has 0 aliphatic carbocycles. The van der Waals surface area contributed by atoms with Gasteiger partial charge in [0.1, 0.15) is 0 Å². The molecule has 1 aromatic carbocycles. The molecule has 0 amide bonds. The van der Waals surface area contributed by atoms with Crippen LogP contribution in [-0.4, -0.2) is 35.4 Å². The third-order valence-corrected chi connectivity index (χ3v) is 4.81. The Kier molecular flexibility index (Phi) is 6.68. The van der Waals surface area contributed by atoms with Gasteiger partial charge in [-0.15, -0.1) is 0 Å². The Morgan fingerprint density at radius 1 is 1.15 bits per heavy atom. The molecule has 6 nitrogen and oxygen atoms in total. The average molecular weight is 412 g/mol. The number of rotatable bonds is 6. The van der Waals surface area contributed by atoms with Crippen LogP contribution < -0.4 is 0 Å². The van der Waals surface area contributed by atoms with Crippen molar-refractivity contribution in [2.24, 2.45) is 0 Å². The maximum Gasteiger partial charge on any atom is 0.340 e. The topological polar surface area (TPSA) is 85.5 Å². The zero-order chi connectivity index (χ0) is 20.3. The quantitative estimate of drug-likeness (QED) is 0.556. The van der Waals surface area contributed by atoms with E-state index in [1.807, 2.05) is 0 Å². The van der Waals surface area contributed by atoms with E-state index in [-0.39, 0.29) is 27.9 Å². The van der Waals surface area contributed by atoms with Crippen molar-refractivity contribution in [2.75, 3.05) is 6.61 Å². The number of ketones is 1. The molecule has 0 saturated heterocycles. The summed E-state index contributed by atoms with van der Waals surface area (Å²) in [4.78, 5) is 40.0. The third kappa shape index (κ3) is 4.34. The van der Waals surface area contributed by atoms with Gasteiger partial charge < -0.3 is 14.5 Å². The second-order valence-electron chi connectivity index (χ2n) is 5.86. The van der Waals surface area contributed by atoms with E-state index in [0.29, 0.717) is 16.8 Å². The highest BCUT2D eigenvalue weighted by molar-refractivity contribution is 6.43. The van der Waals surface area contributed by atoms with Crippen LogP contribution in [0.2, 0.25) is 10.0 Å². The fourth-order valence-electron chi connectivity index (χ4n) is 2.65. The molecule has 0 spiro atoms. The Morgan fingerprint density at radius 2 is 1.81 bits per heavy atom. The smallest absolute Gasteiger partial charge is 0.340 e. The van der Waals surface area contributed by atoms with Crippen molar-refractivity contribution in [3.63, 3.8) is 0 Å². The summed E-state index contributed by atoms with van der Waals surface area (Å²) in [5.41, 5.74) is 1.51. The number of aromatic nitrogens is 1. The first kappa shape index (κ1) is 21.0. The van der Waals surface area contributed by atoms with Crippen LogP contribution in [0.3, 0.4) is 0 Å². The van der Waals surface area contributed by atoms with Crippen molar-refractivity contribution in [3.05, 3.63) is 56.3 Å². The molecule has 0 fully saturated rings. The Bertz CT molecular complexity index is 904. The summed E-state index contributed by atoms with van der Waals surface area (Å²) in [6, 6.07) is 4.55. The lowest BCUT2D eigenvalue weighted by Crippen LogP contribution is -2.25. The van der Waals surface area contributed by atoms with Gasteiger partial charge in [0, 0.05) is 5.69 Å². The predicted molar refractivity (Wildman–Crippen MR) is 102 cm³/mol. The standard InChI is InChI=1S/C19H19Cl2NO5/c1-5-26-19(25)14-9(2)16(22-10(14)3)17(23)11(4)27-18(24)12-7-6-8-13(20)15(12)21/h6-8,11,22H,5H2,1-4H3/t11-/m1/s1. The molecule has 0 aliphatic rings. The van der Waals surface area contributed by atoms with Gasteiger partial charge in [-0.1, -0.05) is 29.3 Å². The second-order valence-corrected chi connectivity index (χ2v) is 6.64. The summed E-state index contributed by atoms with van der Waals surface area (Å²) in [5, 5.41) is 0.264. The van der Waals surface area contributed by atoms with Crippen molar-refractivity contribution < 1.29 is 23.9 Å². The molecule has 1 N–H and O–H groups in total. The summed E-state index contributed by atoms with van der Waals surface area (Å²) >= 11 is 11.9. The SMILES string of the molecule is CCOC(=O)c1c(C)[nH]c(C(=O)[C@@H](C)OC(=O)c2cccc(Cl)c2Cl)c1C. The summed E-state index contributed by atoms with van der Waals surface area (Å²) < 4.78 is 10.2. The molecule has 0 saturated carbocycles. The maximum absolute atomic E-state index is 12.7. The highest BCUT2D eigenvalue weighted by Gasteiger charge is 2.28. The van der Waals surface area contributed by atoms with Gasteiger partial charge in [-0.05, 0) is 45.4 Å². The Labute approximate surface area is 166 Å². The van der Waals surface area contributed by atoms with Crippen LogP contribution in [0.25, 0.3) is 0 Å². The molecule has 1 atom stereocenters. The maximum atomic E-state index is 12.7. The number of hydrogen-bond acceptors (Lipinski definition) is 5. The van der Waals surface area contributed by atoms with E-state index in [1.54, 1.807) is 26.8 Å². The lowest BCUT2D eigenvalue weighted by molar-refractivity contribution is 0.0317. The zero-order valence-electron chi connectivity index (χ0n) is 15.3. The fourth-order valence-corrected chi connectivity index (χ4v) is 3.03. The number of ether oxygens (including phenoxy) is 2. The van der Waals surface area contributed by atoms with Gasteiger partial charge in [0.2, 0.25) is 5.78 Å². The van der Waals surface area contributed by atoms with E-state index < -0.39 is 23.8 Å². The number of benzene rings is 1. The van der Waals surface area contributed by atoms with Crippen molar-refractivity contribution in [1.29, 1.82) is 0 Å². The fraction of sp³-hybridized carbons (Fsp3) is 0.316. The number of carbonyl (C=O) groups is 3. The average Bonchev–Trinajstić information content (AvgIpc) is 2.91. The number of esters is 2. The first-order valence-corrected chi connectivity index (χ1v) is 9.00. The van der Waals surface area contributed by atoms with Crippen LogP contribution in [-0.2, 0) is 9.47 Å². The Morgan fingerprint density at radius 3 is 2.44 bits per heavy atom. The molecule has 27 heavy (non-hydrogen) atoms. The second kappa shape index (κ2) is 8.59. The predicted octanol–water partition coefficient (Wildman–Crippen LogP) is 4.54. The number of H-pyrrole nitrogens is 1. The number of nitrogens with one attached hydrogen (secondary N) is 1. The number of aryl methyl sites for hydroxylation is 1. The van der Waals surface area contributed by atoms with E-state index in [0.717, 1.165) is 0 Å². The first-order chi connectivity index (χ1) is 12.7. The minimum absolute atomic E-state index is 0.0558. The molecule has 0 bridgehead atoms. The lowest BCUT2D eigenvalue weighted by Gasteiger charge is -2.13. The molecule has 8 heteroatoms. The van der Waals surface area contributed by atoms with Gasteiger partial charge in [0.05, 0.1) is 33.5 Å². The van der Waals surface area contributed by atoms with Gasteiger partial charge in [-0.25, -0.2) is 9.59 Å². The summed E-state index contributed by atoms with van der Waals surface area (Å²) in [6.45, 7) is 6.66. The van der Waals surface area contributed by atoms with Crippen molar-refractivity contribution in [3.8, 4) is 0 Å². The molecule has 2 rings (SSSR count). The summed E-state index contributed by atoms with van der Waals surface area (Å²) in [7, 11) is 0. The minimum Gasteiger partial charge on any atom is -0.462 e. The molecule has 144 valence electrons. The zero-order valence-corrected chi connectivity index (χ0v) is 16.8. The number of Topliss-reactive ketones (excluding diaryl/α,β-unsaturated/α-hetero) is 1. The van der Waals surface area contributed by atoms with Gasteiger partial charge in [-0.2, -0.15) is 0 Å². The largest absolute Gasteiger partial charge is 0.462 e. The molecule has 1 heterocycles. The van der Waals surface area contributed by atoms with E-state index in [4.69, 9.17) is 32.7 Å². The number of hydrogen-bond donors (Lipinski definition) is 1. The van der Waals surface area contributed by atoms with Crippen LogP contribution in [0, 0.1) is 13.8 Å². The Balaban J connectivity index is 2.23. The van der Waals surface area contributed by atoms with Crippen molar-refractivity contribution in [2.45, 2.75) is 33.8 Å². The molecular weight excluding hydrogens is 393 g/mol. The molecule has 0 unspecified atom stereocenters. The van der Waals surface area contributed by atoms with Crippen molar-refractivity contribution in [1.82, 2.24) is 4.98 Å². The number of carbonyl (C=O) groups excluding carboxylic acids is 3. The van der Waals surface area contributed by atoms with Crippen LogP contribution in [0.15, 0.2) is 18.2 Å². The number of halogens is 2. The molecule has 0 radical (unpaired) electrons.